The van der Waals surface area contributed by atoms with E-state index in [0.717, 1.165) is 50.1 Å². The molecule has 2 aliphatic heterocycles. The molecule has 1 atom stereocenters. The van der Waals surface area contributed by atoms with Crippen LogP contribution >= 0.6 is 0 Å². The number of anilines is 1. The molecule has 1 saturated heterocycles. The summed E-state index contributed by atoms with van der Waals surface area (Å²) >= 11 is 0. The number of amides is 1. The van der Waals surface area contributed by atoms with E-state index in [0.29, 0.717) is 6.54 Å². The van der Waals surface area contributed by atoms with Gasteiger partial charge in [-0.15, -0.1) is 0 Å². The van der Waals surface area contributed by atoms with Crippen LogP contribution < -0.4 is 10.6 Å². The SMILES string of the molecule is CC(C(=O)O)N1CCc2ccc(NC(=O)COC3CCNCC3)cc2C1. The molecule has 0 spiro atoms. The lowest BCUT2D eigenvalue weighted by Crippen LogP contribution is -2.42. The number of piperidine rings is 1. The minimum Gasteiger partial charge on any atom is -0.480 e. The smallest absolute Gasteiger partial charge is 0.320 e. The molecule has 0 saturated carbocycles. The predicted octanol–water partition coefficient (Wildman–Crippen LogP) is 1.22. The molecular weight excluding hydrogens is 334 g/mol. The van der Waals surface area contributed by atoms with Crippen molar-refractivity contribution < 1.29 is 19.4 Å². The summed E-state index contributed by atoms with van der Waals surface area (Å²) in [6.45, 7) is 4.94. The third-order valence-electron chi connectivity index (χ3n) is 5.17. The van der Waals surface area contributed by atoms with Crippen LogP contribution in [-0.2, 0) is 27.3 Å². The van der Waals surface area contributed by atoms with Gasteiger partial charge in [0.05, 0.1) is 6.10 Å². The Bertz CT molecular complexity index is 658. The fourth-order valence-corrected chi connectivity index (χ4v) is 3.50. The van der Waals surface area contributed by atoms with E-state index in [1.165, 1.54) is 5.56 Å². The highest BCUT2D eigenvalue weighted by molar-refractivity contribution is 5.91. The zero-order chi connectivity index (χ0) is 18.5. The number of carboxylic acid groups (broad SMARTS) is 1. The van der Waals surface area contributed by atoms with Crippen LogP contribution in [0.1, 0.15) is 30.9 Å². The van der Waals surface area contributed by atoms with Crippen LogP contribution in [0.25, 0.3) is 0 Å². The largest absolute Gasteiger partial charge is 0.480 e. The first kappa shape index (κ1) is 18.8. The van der Waals surface area contributed by atoms with Crippen molar-refractivity contribution in [3.8, 4) is 0 Å². The molecule has 1 unspecified atom stereocenters. The monoisotopic (exact) mass is 361 g/mol. The van der Waals surface area contributed by atoms with E-state index in [4.69, 9.17) is 4.74 Å². The number of nitrogens with one attached hydrogen (secondary N) is 2. The van der Waals surface area contributed by atoms with Gasteiger partial charge < -0.3 is 20.5 Å². The van der Waals surface area contributed by atoms with Gasteiger partial charge in [0.1, 0.15) is 12.6 Å². The molecule has 2 heterocycles. The predicted molar refractivity (Wildman–Crippen MR) is 98.1 cm³/mol. The maximum absolute atomic E-state index is 12.1. The summed E-state index contributed by atoms with van der Waals surface area (Å²) in [6.07, 6.45) is 2.84. The van der Waals surface area contributed by atoms with Gasteiger partial charge >= 0.3 is 5.97 Å². The Morgan fingerprint density at radius 2 is 2.12 bits per heavy atom. The topological polar surface area (TPSA) is 90.9 Å². The quantitative estimate of drug-likeness (QED) is 0.706. The molecule has 1 fully saturated rings. The molecule has 142 valence electrons. The number of carboxylic acids is 1. The van der Waals surface area contributed by atoms with Crippen molar-refractivity contribution in [1.82, 2.24) is 10.2 Å². The maximum Gasteiger partial charge on any atom is 0.320 e. The molecule has 7 heteroatoms. The number of hydrogen-bond donors (Lipinski definition) is 3. The van der Waals surface area contributed by atoms with E-state index in [2.05, 4.69) is 10.6 Å². The van der Waals surface area contributed by atoms with Crippen LogP contribution in [0.4, 0.5) is 5.69 Å². The van der Waals surface area contributed by atoms with Gasteiger partial charge in [-0.05, 0) is 62.5 Å². The Morgan fingerprint density at radius 3 is 2.85 bits per heavy atom. The van der Waals surface area contributed by atoms with E-state index in [1.807, 2.05) is 23.1 Å². The van der Waals surface area contributed by atoms with Crippen molar-refractivity contribution in [2.75, 3.05) is 31.6 Å². The van der Waals surface area contributed by atoms with Crippen LogP contribution in [0.2, 0.25) is 0 Å². The molecule has 1 aromatic rings. The first-order valence-corrected chi connectivity index (χ1v) is 9.24. The molecule has 0 bridgehead atoms. The Morgan fingerprint density at radius 1 is 1.35 bits per heavy atom. The van der Waals surface area contributed by atoms with Crippen molar-refractivity contribution in [2.45, 2.75) is 44.9 Å². The van der Waals surface area contributed by atoms with Crippen molar-refractivity contribution in [3.05, 3.63) is 29.3 Å². The second kappa shape index (κ2) is 8.62. The highest BCUT2D eigenvalue weighted by Crippen LogP contribution is 2.24. The van der Waals surface area contributed by atoms with Crippen LogP contribution in [-0.4, -0.2) is 60.3 Å². The second-order valence-corrected chi connectivity index (χ2v) is 7.03. The molecule has 3 rings (SSSR count). The van der Waals surface area contributed by atoms with Crippen LogP contribution in [0.3, 0.4) is 0 Å². The Labute approximate surface area is 153 Å². The number of ether oxygens (including phenoxy) is 1. The average Bonchev–Trinajstić information content (AvgIpc) is 2.66. The summed E-state index contributed by atoms with van der Waals surface area (Å²) < 4.78 is 5.68. The van der Waals surface area contributed by atoms with E-state index in [-0.39, 0.29) is 18.6 Å². The summed E-state index contributed by atoms with van der Waals surface area (Å²) in [5, 5.41) is 15.4. The molecule has 0 radical (unpaired) electrons. The van der Waals surface area contributed by atoms with Gasteiger partial charge in [0, 0.05) is 18.8 Å². The highest BCUT2D eigenvalue weighted by Gasteiger charge is 2.25. The zero-order valence-electron chi connectivity index (χ0n) is 15.2. The number of carbonyl (C=O) groups is 2. The first-order valence-electron chi connectivity index (χ1n) is 9.24. The number of nitrogens with zero attached hydrogens (tertiary/aromatic N) is 1. The highest BCUT2D eigenvalue weighted by atomic mass is 16.5. The minimum atomic E-state index is -0.812. The van der Waals surface area contributed by atoms with Crippen LogP contribution in [0.5, 0.6) is 0 Å². The fraction of sp³-hybridized carbons (Fsp3) is 0.579. The molecule has 3 N–H and O–H groups in total. The fourth-order valence-electron chi connectivity index (χ4n) is 3.50. The molecule has 2 aliphatic rings. The molecule has 1 amide bonds. The van der Waals surface area contributed by atoms with Gasteiger partial charge in [0.15, 0.2) is 0 Å². The molecule has 0 aromatic heterocycles. The summed E-state index contributed by atoms with van der Waals surface area (Å²) in [5.41, 5.74) is 3.01. The van der Waals surface area contributed by atoms with Crippen LogP contribution in [0, 0.1) is 0 Å². The van der Waals surface area contributed by atoms with Crippen molar-refractivity contribution in [3.63, 3.8) is 0 Å². The van der Waals surface area contributed by atoms with E-state index >= 15 is 0 Å². The lowest BCUT2D eigenvalue weighted by atomic mass is 9.98. The van der Waals surface area contributed by atoms with Crippen molar-refractivity contribution >= 4 is 17.6 Å². The van der Waals surface area contributed by atoms with Crippen molar-refractivity contribution in [2.24, 2.45) is 0 Å². The van der Waals surface area contributed by atoms with E-state index in [1.54, 1.807) is 6.92 Å². The Balaban J connectivity index is 1.55. The maximum atomic E-state index is 12.1. The summed E-state index contributed by atoms with van der Waals surface area (Å²) in [7, 11) is 0. The third kappa shape index (κ3) is 4.81. The summed E-state index contributed by atoms with van der Waals surface area (Å²) in [4.78, 5) is 25.3. The first-order chi connectivity index (χ1) is 12.5. The number of hydrogen-bond acceptors (Lipinski definition) is 5. The molecule has 26 heavy (non-hydrogen) atoms. The summed E-state index contributed by atoms with van der Waals surface area (Å²) in [6, 6.07) is 5.34. The number of benzene rings is 1. The van der Waals surface area contributed by atoms with Gasteiger partial charge in [0.2, 0.25) is 5.91 Å². The normalized spacial score (nSPS) is 19.6. The number of carbonyl (C=O) groups excluding carboxylic acids is 1. The standard InChI is InChI=1S/C19H27N3O4/c1-13(19(24)25)22-9-6-14-2-3-16(10-15(14)11-22)21-18(23)12-26-17-4-7-20-8-5-17/h2-3,10,13,17,20H,4-9,11-12H2,1H3,(H,21,23)(H,24,25). The van der Waals surface area contributed by atoms with Gasteiger partial charge in [-0.2, -0.15) is 0 Å². The second-order valence-electron chi connectivity index (χ2n) is 7.03. The third-order valence-corrected chi connectivity index (χ3v) is 5.17. The lowest BCUT2D eigenvalue weighted by Gasteiger charge is -2.31. The van der Waals surface area contributed by atoms with Gasteiger partial charge in [-0.3, -0.25) is 14.5 Å². The Hall–Kier alpha value is -1.96. The average molecular weight is 361 g/mol. The van der Waals surface area contributed by atoms with Gasteiger partial charge in [-0.25, -0.2) is 0 Å². The molecule has 0 aliphatic carbocycles. The Kier molecular flexibility index (Phi) is 6.24. The van der Waals surface area contributed by atoms with Crippen molar-refractivity contribution in [1.29, 1.82) is 0 Å². The number of rotatable bonds is 6. The lowest BCUT2D eigenvalue weighted by molar-refractivity contribution is -0.143. The molecule has 1 aromatic carbocycles. The summed E-state index contributed by atoms with van der Waals surface area (Å²) in [5.74, 6) is -0.969. The number of fused-ring (bicyclic) bond motifs is 1. The molecule has 7 nitrogen and oxygen atoms in total. The minimum absolute atomic E-state index is 0.0594. The zero-order valence-corrected chi connectivity index (χ0v) is 15.2. The van der Waals surface area contributed by atoms with Crippen LogP contribution in [0.15, 0.2) is 18.2 Å². The molecular formula is C19H27N3O4. The van der Waals surface area contributed by atoms with E-state index in [9.17, 15) is 14.7 Å². The number of aliphatic carboxylic acids is 1. The van der Waals surface area contributed by atoms with E-state index < -0.39 is 12.0 Å². The van der Waals surface area contributed by atoms with Gasteiger partial charge in [-0.1, -0.05) is 6.07 Å². The van der Waals surface area contributed by atoms with Gasteiger partial charge in [0.25, 0.3) is 0 Å².